The van der Waals surface area contributed by atoms with Gasteiger partial charge in [-0.2, -0.15) is 5.01 Å². The van der Waals surface area contributed by atoms with Gasteiger partial charge in [-0.05, 0) is 37.3 Å². The fraction of sp³-hybridized carbons (Fsp3) is 0.438. The molecule has 1 fully saturated rings. The second kappa shape index (κ2) is 5.44. The van der Waals surface area contributed by atoms with Gasteiger partial charge in [-0.15, -0.1) is 0 Å². The van der Waals surface area contributed by atoms with Crippen LogP contribution in [0.15, 0.2) is 24.3 Å². The number of carbonyl (C=O) groups excluding carboxylic acids is 3. The molecular formula is C16H19N3O3. The number of urea groups is 1. The minimum atomic E-state index is -0.550. The standard InChI is InChI=1S/C16H19N3O3/c1-10-15(21)19(16(22)18(10)2)17-14(20)13-9-5-7-11-6-3-4-8-12(11)13/h3-4,6,8,10,13H,5,7,9H2,1-2H3,(H,17,20). The van der Waals surface area contributed by atoms with Crippen molar-refractivity contribution in [1.29, 1.82) is 0 Å². The first-order valence-corrected chi connectivity index (χ1v) is 7.49. The Morgan fingerprint density at radius 1 is 1.27 bits per heavy atom. The predicted octanol–water partition coefficient (Wildman–Crippen LogP) is 1.42. The fourth-order valence-electron chi connectivity index (χ4n) is 3.09. The number of hydrazine groups is 1. The van der Waals surface area contributed by atoms with Crippen LogP contribution >= 0.6 is 0 Å². The van der Waals surface area contributed by atoms with Crippen molar-refractivity contribution < 1.29 is 14.4 Å². The summed E-state index contributed by atoms with van der Waals surface area (Å²) in [4.78, 5) is 37.9. The lowest BCUT2D eigenvalue weighted by atomic mass is 9.82. The summed E-state index contributed by atoms with van der Waals surface area (Å²) in [7, 11) is 1.55. The third kappa shape index (κ3) is 2.24. The SMILES string of the molecule is CC1C(=O)N(NC(=O)C2CCCc3ccccc32)C(=O)N1C. The number of aryl methyl sites for hydroxylation is 1. The van der Waals surface area contributed by atoms with E-state index in [0.29, 0.717) is 0 Å². The highest BCUT2D eigenvalue weighted by Crippen LogP contribution is 2.31. The molecule has 1 N–H and O–H groups in total. The van der Waals surface area contributed by atoms with E-state index in [1.165, 1.54) is 10.5 Å². The van der Waals surface area contributed by atoms with Crippen LogP contribution in [-0.2, 0) is 16.0 Å². The van der Waals surface area contributed by atoms with Crippen molar-refractivity contribution in [2.75, 3.05) is 7.05 Å². The summed E-state index contributed by atoms with van der Waals surface area (Å²) in [5, 5.41) is 0.838. The summed E-state index contributed by atoms with van der Waals surface area (Å²) in [5.74, 6) is -1.01. The number of benzene rings is 1. The second-order valence-corrected chi connectivity index (χ2v) is 5.86. The second-order valence-electron chi connectivity index (χ2n) is 5.86. The van der Waals surface area contributed by atoms with Crippen molar-refractivity contribution in [3.8, 4) is 0 Å². The van der Waals surface area contributed by atoms with Crippen molar-refractivity contribution in [1.82, 2.24) is 15.3 Å². The smallest absolute Gasteiger partial charge is 0.314 e. The van der Waals surface area contributed by atoms with Crippen LogP contribution in [-0.4, -0.2) is 40.8 Å². The summed E-state index contributed by atoms with van der Waals surface area (Å²) in [6, 6.07) is 6.80. The van der Waals surface area contributed by atoms with E-state index in [1.54, 1.807) is 14.0 Å². The number of rotatable bonds is 2. The molecule has 0 radical (unpaired) electrons. The number of nitrogens with one attached hydrogen (secondary N) is 1. The van der Waals surface area contributed by atoms with Crippen LogP contribution in [0, 0.1) is 0 Å². The van der Waals surface area contributed by atoms with Crippen molar-refractivity contribution in [2.24, 2.45) is 0 Å². The van der Waals surface area contributed by atoms with Gasteiger partial charge in [-0.3, -0.25) is 15.0 Å². The van der Waals surface area contributed by atoms with Gasteiger partial charge in [0.2, 0.25) is 5.91 Å². The Morgan fingerprint density at radius 3 is 2.68 bits per heavy atom. The maximum atomic E-state index is 12.5. The molecule has 0 aromatic heterocycles. The molecule has 116 valence electrons. The lowest BCUT2D eigenvalue weighted by Gasteiger charge is -2.26. The van der Waals surface area contributed by atoms with Gasteiger partial charge < -0.3 is 4.90 Å². The lowest BCUT2D eigenvalue weighted by Crippen LogP contribution is -2.48. The number of nitrogens with zero attached hydrogens (tertiary/aromatic N) is 2. The molecule has 1 aromatic rings. The molecule has 0 spiro atoms. The largest absolute Gasteiger partial charge is 0.346 e. The molecule has 1 aromatic carbocycles. The third-order valence-corrected chi connectivity index (χ3v) is 4.56. The molecule has 6 heteroatoms. The van der Waals surface area contributed by atoms with Gasteiger partial charge in [0.05, 0.1) is 5.92 Å². The van der Waals surface area contributed by atoms with Gasteiger partial charge >= 0.3 is 6.03 Å². The molecule has 1 aliphatic heterocycles. The molecule has 2 unspecified atom stereocenters. The maximum absolute atomic E-state index is 12.5. The van der Waals surface area contributed by atoms with Crippen molar-refractivity contribution in [3.05, 3.63) is 35.4 Å². The van der Waals surface area contributed by atoms with Gasteiger partial charge in [0.1, 0.15) is 6.04 Å². The van der Waals surface area contributed by atoms with E-state index in [0.717, 1.165) is 29.8 Å². The Balaban J connectivity index is 1.79. The highest BCUT2D eigenvalue weighted by molar-refractivity contribution is 6.05. The molecule has 2 aliphatic rings. The Morgan fingerprint density at radius 2 is 2.00 bits per heavy atom. The normalized spacial score (nSPS) is 24.5. The minimum absolute atomic E-state index is 0.295. The highest BCUT2D eigenvalue weighted by Gasteiger charge is 2.42. The fourth-order valence-corrected chi connectivity index (χ4v) is 3.09. The molecule has 1 saturated heterocycles. The van der Waals surface area contributed by atoms with Crippen LogP contribution < -0.4 is 5.43 Å². The number of imide groups is 1. The number of carbonyl (C=O) groups is 3. The maximum Gasteiger partial charge on any atom is 0.346 e. The zero-order valence-corrected chi connectivity index (χ0v) is 12.7. The van der Waals surface area contributed by atoms with E-state index in [-0.39, 0.29) is 11.8 Å². The summed E-state index contributed by atoms with van der Waals surface area (Å²) < 4.78 is 0. The lowest BCUT2D eigenvalue weighted by molar-refractivity contribution is -0.137. The van der Waals surface area contributed by atoms with Crippen LogP contribution in [0.3, 0.4) is 0 Å². The van der Waals surface area contributed by atoms with E-state index in [9.17, 15) is 14.4 Å². The molecule has 0 bridgehead atoms. The first-order chi connectivity index (χ1) is 10.5. The summed E-state index contributed by atoms with van der Waals surface area (Å²) in [6.07, 6.45) is 2.61. The number of fused-ring (bicyclic) bond motifs is 1. The molecular weight excluding hydrogens is 282 g/mol. The Labute approximate surface area is 129 Å². The zero-order valence-electron chi connectivity index (χ0n) is 12.7. The van der Waals surface area contributed by atoms with Gasteiger partial charge in [-0.25, -0.2) is 4.79 Å². The molecule has 4 amide bonds. The highest BCUT2D eigenvalue weighted by atomic mass is 16.2. The van der Waals surface area contributed by atoms with Crippen LogP contribution in [0.2, 0.25) is 0 Å². The summed E-state index contributed by atoms with van der Waals surface area (Å²) >= 11 is 0. The molecule has 2 atom stereocenters. The van der Waals surface area contributed by atoms with Crippen molar-refractivity contribution >= 4 is 17.8 Å². The van der Waals surface area contributed by atoms with E-state index in [4.69, 9.17) is 0 Å². The third-order valence-electron chi connectivity index (χ3n) is 4.56. The average Bonchev–Trinajstić information content (AvgIpc) is 2.72. The van der Waals surface area contributed by atoms with E-state index >= 15 is 0 Å². The average molecular weight is 301 g/mol. The van der Waals surface area contributed by atoms with Gasteiger partial charge in [0, 0.05) is 7.05 Å². The first kappa shape index (κ1) is 14.6. The quantitative estimate of drug-likeness (QED) is 0.840. The van der Waals surface area contributed by atoms with Gasteiger partial charge in [-0.1, -0.05) is 24.3 Å². The molecule has 22 heavy (non-hydrogen) atoms. The number of amides is 4. The Kier molecular flexibility index (Phi) is 3.60. The number of likely N-dealkylation sites (N-methyl/N-ethyl adjacent to an activating group) is 1. The molecule has 1 heterocycles. The van der Waals surface area contributed by atoms with Crippen molar-refractivity contribution in [3.63, 3.8) is 0 Å². The predicted molar refractivity (Wildman–Crippen MR) is 79.7 cm³/mol. The van der Waals surface area contributed by atoms with Crippen LogP contribution in [0.25, 0.3) is 0 Å². The molecule has 6 nitrogen and oxygen atoms in total. The number of hydrogen-bond acceptors (Lipinski definition) is 3. The Bertz CT molecular complexity index is 623. The van der Waals surface area contributed by atoms with Crippen LogP contribution in [0.1, 0.15) is 36.8 Å². The minimum Gasteiger partial charge on any atom is -0.314 e. The molecule has 0 saturated carbocycles. The van der Waals surface area contributed by atoms with Crippen molar-refractivity contribution in [2.45, 2.75) is 38.1 Å². The van der Waals surface area contributed by atoms with E-state index in [2.05, 4.69) is 5.43 Å². The zero-order chi connectivity index (χ0) is 15.9. The first-order valence-electron chi connectivity index (χ1n) is 7.49. The number of hydrogen-bond donors (Lipinski definition) is 1. The summed E-state index contributed by atoms with van der Waals surface area (Å²) in [6.45, 7) is 1.64. The monoisotopic (exact) mass is 301 g/mol. The topological polar surface area (TPSA) is 69.7 Å². The van der Waals surface area contributed by atoms with Crippen LogP contribution in [0.5, 0.6) is 0 Å². The van der Waals surface area contributed by atoms with Gasteiger partial charge in [0.15, 0.2) is 0 Å². The molecule has 1 aliphatic carbocycles. The Hall–Kier alpha value is -2.37. The van der Waals surface area contributed by atoms with Crippen LogP contribution in [0.4, 0.5) is 4.79 Å². The van der Waals surface area contributed by atoms with E-state index < -0.39 is 18.0 Å². The van der Waals surface area contributed by atoms with E-state index in [1.807, 2.05) is 24.3 Å². The van der Waals surface area contributed by atoms with Gasteiger partial charge in [0.25, 0.3) is 5.91 Å². The summed E-state index contributed by atoms with van der Waals surface area (Å²) in [5.41, 5.74) is 4.66. The molecule has 3 rings (SSSR count).